The van der Waals surface area contributed by atoms with Crippen molar-refractivity contribution in [1.82, 2.24) is 0 Å². The summed E-state index contributed by atoms with van der Waals surface area (Å²) in [7, 11) is 0. The van der Waals surface area contributed by atoms with Gasteiger partial charge in [0.25, 0.3) is 0 Å². The molecule has 0 saturated carbocycles. The maximum atomic E-state index is 14.0. The number of carbonyl (C=O) groups is 1. The Bertz CT molecular complexity index is 980. The number of hydrogen-bond donors (Lipinski definition) is 1. The van der Waals surface area contributed by atoms with Crippen LogP contribution in [0.25, 0.3) is 5.57 Å². The molecule has 0 aliphatic heterocycles. The third-order valence-electron chi connectivity index (χ3n) is 6.10. The number of halogens is 3. The molecule has 1 aliphatic rings. The molecule has 0 fully saturated rings. The normalized spacial score (nSPS) is 17.5. The molecule has 2 aromatic rings. The Morgan fingerprint density at radius 1 is 0.931 bits per heavy atom. The minimum absolute atomic E-state index is 0.0464. The Morgan fingerprint density at radius 2 is 1.38 bits per heavy atom. The van der Waals surface area contributed by atoms with Crippen LogP contribution in [-0.4, -0.2) is 11.1 Å². The predicted molar refractivity (Wildman–Crippen MR) is 108 cm³/mol. The zero-order valence-electron chi connectivity index (χ0n) is 17.1. The molecule has 0 saturated heterocycles. The van der Waals surface area contributed by atoms with Gasteiger partial charge in [-0.05, 0) is 75.8 Å². The van der Waals surface area contributed by atoms with E-state index in [1.807, 2.05) is 13.8 Å². The Labute approximate surface area is 169 Å². The molecule has 0 amide bonds. The average Bonchev–Trinajstić information content (AvgIpc) is 2.63. The van der Waals surface area contributed by atoms with Crippen molar-refractivity contribution in [2.45, 2.75) is 57.5 Å². The monoisotopic (exact) mass is 402 g/mol. The zero-order chi connectivity index (χ0) is 21.8. The highest BCUT2D eigenvalue weighted by Gasteiger charge is 2.42. The predicted octanol–water partition coefficient (Wildman–Crippen LogP) is 6.81. The van der Waals surface area contributed by atoms with Gasteiger partial charge in [-0.3, -0.25) is 0 Å². The van der Waals surface area contributed by atoms with Crippen molar-refractivity contribution in [3.05, 3.63) is 76.4 Å². The molecule has 0 unspecified atom stereocenters. The Hall–Kier alpha value is -2.56. The number of hydrogen-bond acceptors (Lipinski definition) is 1. The summed E-state index contributed by atoms with van der Waals surface area (Å²) in [6, 6.07) is 8.69. The van der Waals surface area contributed by atoms with E-state index in [-0.39, 0.29) is 27.5 Å². The Morgan fingerprint density at radius 3 is 1.83 bits per heavy atom. The van der Waals surface area contributed by atoms with Crippen LogP contribution in [0.3, 0.4) is 0 Å². The molecule has 2 aromatic carbocycles. The van der Waals surface area contributed by atoms with Gasteiger partial charge in [0.1, 0.15) is 0 Å². The molecule has 0 heterocycles. The van der Waals surface area contributed by atoms with Gasteiger partial charge in [0, 0.05) is 0 Å². The molecular formula is C24H25F3O2. The number of rotatable bonds is 3. The summed E-state index contributed by atoms with van der Waals surface area (Å²) in [6.07, 6.45) is -2.81. The van der Waals surface area contributed by atoms with Crippen LogP contribution in [0, 0.1) is 0 Å². The third kappa shape index (κ3) is 3.83. The van der Waals surface area contributed by atoms with Gasteiger partial charge in [0.05, 0.1) is 11.1 Å². The van der Waals surface area contributed by atoms with E-state index in [4.69, 9.17) is 5.11 Å². The van der Waals surface area contributed by atoms with Crippen LogP contribution in [0.4, 0.5) is 13.2 Å². The van der Waals surface area contributed by atoms with Crippen molar-refractivity contribution in [2.75, 3.05) is 0 Å². The lowest BCUT2D eigenvalue weighted by atomic mass is 9.62. The third-order valence-corrected chi connectivity index (χ3v) is 6.10. The number of carboxylic acid groups (broad SMARTS) is 1. The first-order valence-corrected chi connectivity index (χ1v) is 9.53. The lowest BCUT2D eigenvalue weighted by molar-refractivity contribution is -0.137. The summed E-state index contributed by atoms with van der Waals surface area (Å²) in [4.78, 5) is 11.1. The number of aromatic carboxylic acids is 1. The van der Waals surface area contributed by atoms with Gasteiger partial charge in [-0.25, -0.2) is 4.79 Å². The molecule has 0 bridgehead atoms. The minimum atomic E-state index is -4.52. The zero-order valence-corrected chi connectivity index (χ0v) is 17.1. The van der Waals surface area contributed by atoms with Crippen molar-refractivity contribution in [2.24, 2.45) is 0 Å². The SMILES string of the molecule is C=C(c1ccc(C(=O)O)cc1)c1cc2c(cc1C(F)(F)F)C(C)(C)CCC2(C)C. The Kier molecular flexibility index (Phi) is 4.93. The van der Waals surface area contributed by atoms with Crippen LogP contribution in [-0.2, 0) is 17.0 Å². The molecule has 154 valence electrons. The van der Waals surface area contributed by atoms with E-state index in [1.54, 1.807) is 6.07 Å². The largest absolute Gasteiger partial charge is 0.478 e. The second kappa shape index (κ2) is 6.75. The highest BCUT2D eigenvalue weighted by atomic mass is 19.4. The highest BCUT2D eigenvalue weighted by Crippen LogP contribution is 2.49. The fourth-order valence-corrected chi connectivity index (χ4v) is 4.07. The quantitative estimate of drug-likeness (QED) is 0.612. The summed E-state index contributed by atoms with van der Waals surface area (Å²) >= 11 is 0. The van der Waals surface area contributed by atoms with Crippen LogP contribution in [0.1, 0.15) is 78.7 Å². The van der Waals surface area contributed by atoms with Gasteiger partial charge in [-0.15, -0.1) is 0 Å². The number of carboxylic acids is 1. The number of alkyl halides is 3. The van der Waals surface area contributed by atoms with E-state index in [0.29, 0.717) is 5.56 Å². The molecular weight excluding hydrogens is 377 g/mol. The molecule has 5 heteroatoms. The fraction of sp³-hybridized carbons (Fsp3) is 0.375. The summed E-state index contributed by atoms with van der Waals surface area (Å²) < 4.78 is 42.0. The molecule has 0 atom stereocenters. The van der Waals surface area contributed by atoms with E-state index in [1.165, 1.54) is 30.3 Å². The average molecular weight is 402 g/mol. The maximum absolute atomic E-state index is 14.0. The smallest absolute Gasteiger partial charge is 0.417 e. The topological polar surface area (TPSA) is 37.3 Å². The van der Waals surface area contributed by atoms with E-state index >= 15 is 0 Å². The van der Waals surface area contributed by atoms with Crippen LogP contribution < -0.4 is 0 Å². The van der Waals surface area contributed by atoms with Gasteiger partial charge < -0.3 is 5.11 Å². The fourth-order valence-electron chi connectivity index (χ4n) is 4.07. The van der Waals surface area contributed by atoms with Gasteiger partial charge in [0.2, 0.25) is 0 Å². The van der Waals surface area contributed by atoms with Gasteiger partial charge in [-0.2, -0.15) is 13.2 Å². The van der Waals surface area contributed by atoms with Crippen molar-refractivity contribution in [3.63, 3.8) is 0 Å². The molecule has 0 spiro atoms. The van der Waals surface area contributed by atoms with Gasteiger partial charge >= 0.3 is 12.1 Å². The van der Waals surface area contributed by atoms with Crippen molar-refractivity contribution in [1.29, 1.82) is 0 Å². The standard InChI is InChI=1S/C24H25F3O2/c1-14(15-6-8-16(9-7-15)21(28)29)17-12-19-20(13-18(17)24(25,26)27)23(4,5)11-10-22(19,2)3/h6-9,12-13H,1,10-11H2,2-5H3,(H,28,29). The second-order valence-corrected chi connectivity index (χ2v) is 9.07. The summed E-state index contributed by atoms with van der Waals surface area (Å²) in [5, 5.41) is 9.05. The second-order valence-electron chi connectivity index (χ2n) is 9.07. The maximum Gasteiger partial charge on any atom is 0.417 e. The van der Waals surface area contributed by atoms with E-state index in [0.717, 1.165) is 24.0 Å². The first-order valence-electron chi connectivity index (χ1n) is 9.53. The van der Waals surface area contributed by atoms with E-state index in [9.17, 15) is 18.0 Å². The van der Waals surface area contributed by atoms with Crippen molar-refractivity contribution in [3.8, 4) is 0 Å². The first kappa shape index (κ1) is 21.2. The molecule has 1 aliphatic carbocycles. The first-order chi connectivity index (χ1) is 13.2. The van der Waals surface area contributed by atoms with Crippen LogP contribution >= 0.6 is 0 Å². The number of benzene rings is 2. The lowest BCUT2D eigenvalue weighted by Gasteiger charge is -2.42. The molecule has 2 nitrogen and oxygen atoms in total. The molecule has 0 radical (unpaired) electrons. The van der Waals surface area contributed by atoms with Crippen molar-refractivity contribution < 1.29 is 23.1 Å². The van der Waals surface area contributed by atoms with E-state index in [2.05, 4.69) is 20.4 Å². The molecule has 29 heavy (non-hydrogen) atoms. The van der Waals surface area contributed by atoms with Crippen LogP contribution in [0.15, 0.2) is 43.0 Å². The van der Waals surface area contributed by atoms with Crippen LogP contribution in [0.2, 0.25) is 0 Å². The summed E-state index contributed by atoms with van der Waals surface area (Å²) in [5.41, 5.74) is 1.19. The van der Waals surface area contributed by atoms with Crippen molar-refractivity contribution >= 4 is 11.5 Å². The van der Waals surface area contributed by atoms with E-state index < -0.39 is 17.7 Å². The Balaban J connectivity index is 2.22. The van der Waals surface area contributed by atoms with Gasteiger partial charge in [0.15, 0.2) is 0 Å². The van der Waals surface area contributed by atoms with Gasteiger partial charge in [-0.1, -0.05) is 46.4 Å². The minimum Gasteiger partial charge on any atom is -0.478 e. The highest BCUT2D eigenvalue weighted by molar-refractivity contribution is 5.89. The molecule has 0 aromatic heterocycles. The number of fused-ring (bicyclic) bond motifs is 1. The summed E-state index contributed by atoms with van der Waals surface area (Å²) in [5.74, 6) is -1.09. The lowest BCUT2D eigenvalue weighted by Crippen LogP contribution is -2.34. The molecule has 3 rings (SSSR count). The van der Waals surface area contributed by atoms with Crippen LogP contribution in [0.5, 0.6) is 0 Å². The molecule has 1 N–H and O–H groups in total. The summed E-state index contributed by atoms with van der Waals surface area (Å²) in [6.45, 7) is 12.0.